The van der Waals surface area contributed by atoms with E-state index in [1.54, 1.807) is 18.5 Å². The molecule has 3 aromatic rings. The number of likely N-dealkylation sites (tertiary alicyclic amines) is 1. The molecule has 0 saturated carbocycles. The lowest BCUT2D eigenvalue weighted by molar-refractivity contribution is 0.0785. The van der Waals surface area contributed by atoms with E-state index >= 15 is 0 Å². The van der Waals surface area contributed by atoms with Crippen molar-refractivity contribution in [2.45, 2.75) is 12.3 Å². The molecule has 1 saturated heterocycles. The topological polar surface area (TPSA) is 46.1 Å². The van der Waals surface area contributed by atoms with Gasteiger partial charge in [-0.2, -0.15) is 0 Å². The van der Waals surface area contributed by atoms with Crippen LogP contribution in [0.3, 0.4) is 0 Å². The zero-order valence-corrected chi connectivity index (χ0v) is 12.7. The van der Waals surface area contributed by atoms with Gasteiger partial charge in [-0.3, -0.25) is 9.78 Å². The van der Waals surface area contributed by atoms with Gasteiger partial charge >= 0.3 is 0 Å². The Bertz CT molecular complexity index is 847. The maximum atomic E-state index is 12.7. The summed E-state index contributed by atoms with van der Waals surface area (Å²) >= 11 is 0. The van der Waals surface area contributed by atoms with Crippen LogP contribution in [0.1, 0.15) is 28.4 Å². The van der Waals surface area contributed by atoms with Crippen molar-refractivity contribution in [2.75, 3.05) is 13.1 Å². The molecular weight excluding hydrogens is 286 g/mol. The predicted octanol–water partition coefficient (Wildman–Crippen LogP) is 3.26. The summed E-state index contributed by atoms with van der Waals surface area (Å²) < 4.78 is 0. The van der Waals surface area contributed by atoms with E-state index in [4.69, 9.17) is 0 Å². The number of benzene rings is 1. The number of fused-ring (bicyclic) bond motifs is 1. The summed E-state index contributed by atoms with van der Waals surface area (Å²) in [4.78, 5) is 23.2. The first-order valence-corrected chi connectivity index (χ1v) is 7.86. The zero-order valence-electron chi connectivity index (χ0n) is 12.7. The molecule has 2 aromatic heterocycles. The van der Waals surface area contributed by atoms with Gasteiger partial charge in [-0.25, -0.2) is 4.98 Å². The van der Waals surface area contributed by atoms with Crippen molar-refractivity contribution in [3.8, 4) is 0 Å². The second-order valence-electron chi connectivity index (χ2n) is 5.91. The molecule has 4 nitrogen and oxygen atoms in total. The van der Waals surface area contributed by atoms with Crippen molar-refractivity contribution in [3.63, 3.8) is 0 Å². The van der Waals surface area contributed by atoms with E-state index in [0.717, 1.165) is 30.4 Å². The molecule has 1 fully saturated rings. The second-order valence-corrected chi connectivity index (χ2v) is 5.91. The molecule has 0 aliphatic carbocycles. The molecule has 4 rings (SSSR count). The molecule has 0 bridgehead atoms. The van der Waals surface area contributed by atoms with E-state index in [2.05, 4.69) is 34.2 Å². The number of aromatic nitrogens is 2. The highest BCUT2D eigenvalue weighted by molar-refractivity contribution is 5.95. The average molecular weight is 303 g/mol. The Kier molecular flexibility index (Phi) is 3.50. The lowest BCUT2D eigenvalue weighted by Crippen LogP contribution is -2.29. The Labute approximate surface area is 134 Å². The summed E-state index contributed by atoms with van der Waals surface area (Å²) in [6, 6.07) is 16.0. The molecule has 3 heterocycles. The van der Waals surface area contributed by atoms with Crippen LogP contribution >= 0.6 is 0 Å². The lowest BCUT2D eigenvalue weighted by atomic mass is 9.99. The number of rotatable bonds is 2. The number of hydrogen-bond acceptors (Lipinski definition) is 3. The third kappa shape index (κ3) is 2.68. The van der Waals surface area contributed by atoms with E-state index < -0.39 is 0 Å². The highest BCUT2D eigenvalue weighted by Gasteiger charge is 2.28. The van der Waals surface area contributed by atoms with Gasteiger partial charge in [0.2, 0.25) is 0 Å². The standard InChI is InChI=1S/C19H17N3O/c23-19(17-7-6-15-8-10-20-12-18(15)21-17)22-11-9-16(13-22)14-4-2-1-3-5-14/h1-8,10,12,16H,9,11,13H2. The van der Waals surface area contributed by atoms with Gasteiger partial charge in [-0.15, -0.1) is 0 Å². The fraction of sp³-hybridized carbons (Fsp3) is 0.211. The first-order valence-electron chi connectivity index (χ1n) is 7.86. The summed E-state index contributed by atoms with van der Waals surface area (Å²) in [6.07, 6.45) is 4.43. The SMILES string of the molecule is O=C(c1ccc2ccncc2n1)N1CCC(c2ccccc2)C1. The van der Waals surface area contributed by atoms with Crippen LogP contribution in [0, 0.1) is 0 Å². The summed E-state index contributed by atoms with van der Waals surface area (Å²) in [5.74, 6) is 0.427. The molecule has 1 atom stereocenters. The van der Waals surface area contributed by atoms with Crippen LogP contribution in [0.2, 0.25) is 0 Å². The minimum atomic E-state index is 0.00850. The molecule has 114 valence electrons. The molecule has 1 aromatic carbocycles. The first-order chi connectivity index (χ1) is 11.3. The Morgan fingerprint density at radius 1 is 1.09 bits per heavy atom. The minimum Gasteiger partial charge on any atom is -0.337 e. The molecule has 4 heteroatoms. The lowest BCUT2D eigenvalue weighted by Gasteiger charge is -2.16. The minimum absolute atomic E-state index is 0.00850. The van der Waals surface area contributed by atoms with Gasteiger partial charge < -0.3 is 4.90 Å². The molecule has 0 radical (unpaired) electrons. The maximum Gasteiger partial charge on any atom is 0.272 e. The summed E-state index contributed by atoms with van der Waals surface area (Å²) in [6.45, 7) is 1.54. The van der Waals surface area contributed by atoms with E-state index in [1.807, 2.05) is 23.1 Å². The van der Waals surface area contributed by atoms with Crippen LogP contribution < -0.4 is 0 Å². The first kappa shape index (κ1) is 13.9. The number of carbonyl (C=O) groups is 1. The Hall–Kier alpha value is -2.75. The van der Waals surface area contributed by atoms with E-state index in [0.29, 0.717) is 11.6 Å². The van der Waals surface area contributed by atoms with Crippen molar-refractivity contribution in [3.05, 3.63) is 72.2 Å². The van der Waals surface area contributed by atoms with E-state index in [-0.39, 0.29) is 5.91 Å². The fourth-order valence-electron chi connectivity index (χ4n) is 3.19. The van der Waals surface area contributed by atoms with Gasteiger partial charge in [0, 0.05) is 30.6 Å². The molecule has 1 amide bonds. The number of nitrogens with zero attached hydrogens (tertiary/aromatic N) is 3. The van der Waals surface area contributed by atoms with Crippen molar-refractivity contribution in [1.82, 2.24) is 14.9 Å². The van der Waals surface area contributed by atoms with Crippen LogP contribution in [0.5, 0.6) is 0 Å². The van der Waals surface area contributed by atoms with Crippen molar-refractivity contribution < 1.29 is 4.79 Å². The average Bonchev–Trinajstić information content (AvgIpc) is 3.11. The third-order valence-electron chi connectivity index (χ3n) is 4.46. The normalized spacial score (nSPS) is 17.6. The highest BCUT2D eigenvalue weighted by atomic mass is 16.2. The molecule has 23 heavy (non-hydrogen) atoms. The van der Waals surface area contributed by atoms with Crippen LogP contribution in [-0.4, -0.2) is 33.9 Å². The van der Waals surface area contributed by atoms with E-state index in [1.165, 1.54) is 5.56 Å². The Morgan fingerprint density at radius 3 is 2.83 bits per heavy atom. The van der Waals surface area contributed by atoms with Gasteiger partial charge in [0.1, 0.15) is 5.69 Å². The van der Waals surface area contributed by atoms with Gasteiger partial charge in [-0.05, 0) is 24.1 Å². The van der Waals surface area contributed by atoms with Crippen molar-refractivity contribution in [1.29, 1.82) is 0 Å². The quantitative estimate of drug-likeness (QED) is 0.730. The van der Waals surface area contributed by atoms with Crippen LogP contribution in [-0.2, 0) is 0 Å². The van der Waals surface area contributed by atoms with Gasteiger partial charge in [0.25, 0.3) is 5.91 Å². The predicted molar refractivity (Wildman–Crippen MR) is 89.2 cm³/mol. The third-order valence-corrected chi connectivity index (χ3v) is 4.46. The van der Waals surface area contributed by atoms with Crippen LogP contribution in [0.15, 0.2) is 60.9 Å². The molecular formula is C19H17N3O. The van der Waals surface area contributed by atoms with E-state index in [9.17, 15) is 4.79 Å². The number of amides is 1. The molecule has 1 aliphatic rings. The number of pyridine rings is 2. The summed E-state index contributed by atoms with van der Waals surface area (Å²) in [7, 11) is 0. The summed E-state index contributed by atoms with van der Waals surface area (Å²) in [5, 5.41) is 1.00. The van der Waals surface area contributed by atoms with Crippen LogP contribution in [0.4, 0.5) is 0 Å². The molecule has 1 aliphatic heterocycles. The number of hydrogen-bond donors (Lipinski definition) is 0. The number of carbonyl (C=O) groups excluding carboxylic acids is 1. The van der Waals surface area contributed by atoms with Crippen molar-refractivity contribution >= 4 is 16.8 Å². The fourth-order valence-corrected chi connectivity index (χ4v) is 3.19. The van der Waals surface area contributed by atoms with Crippen LogP contribution in [0.25, 0.3) is 10.9 Å². The molecule has 1 unspecified atom stereocenters. The van der Waals surface area contributed by atoms with Gasteiger partial charge in [-0.1, -0.05) is 36.4 Å². The maximum absolute atomic E-state index is 12.7. The highest BCUT2D eigenvalue weighted by Crippen LogP contribution is 2.27. The Balaban J connectivity index is 1.55. The second kappa shape index (κ2) is 5.80. The van der Waals surface area contributed by atoms with Crippen molar-refractivity contribution in [2.24, 2.45) is 0 Å². The molecule has 0 spiro atoms. The summed E-state index contributed by atoms with van der Waals surface area (Å²) in [5.41, 5.74) is 2.56. The van der Waals surface area contributed by atoms with Gasteiger partial charge in [0.15, 0.2) is 0 Å². The Morgan fingerprint density at radius 2 is 1.96 bits per heavy atom. The smallest absolute Gasteiger partial charge is 0.272 e. The molecule has 0 N–H and O–H groups in total. The zero-order chi connectivity index (χ0) is 15.6. The monoisotopic (exact) mass is 303 g/mol. The van der Waals surface area contributed by atoms with Gasteiger partial charge in [0.05, 0.1) is 11.7 Å². The largest absolute Gasteiger partial charge is 0.337 e.